The number of hydrogen-bond acceptors (Lipinski definition) is 5. The van der Waals surface area contributed by atoms with Crippen LogP contribution in [0.25, 0.3) is 0 Å². The highest BCUT2D eigenvalue weighted by Gasteiger charge is 2.42. The van der Waals surface area contributed by atoms with E-state index in [1.54, 1.807) is 0 Å². The molecule has 0 saturated heterocycles. The first-order chi connectivity index (χ1) is 9.02. The van der Waals surface area contributed by atoms with Gasteiger partial charge < -0.3 is 15.2 Å². The van der Waals surface area contributed by atoms with Gasteiger partial charge in [0, 0.05) is 36.2 Å². The smallest absolute Gasteiger partial charge is 0.311 e. The lowest BCUT2D eigenvalue weighted by molar-refractivity contribution is -0.386. The lowest BCUT2D eigenvalue weighted by Crippen LogP contribution is -2.59. The first-order valence-electron chi connectivity index (χ1n) is 6.00. The van der Waals surface area contributed by atoms with Crippen molar-refractivity contribution in [3.05, 3.63) is 33.3 Å². The minimum atomic E-state index is -0.500. The summed E-state index contributed by atoms with van der Waals surface area (Å²) in [5.74, 6) is 0.152. The Morgan fingerprint density at radius 3 is 2.89 bits per heavy atom. The van der Waals surface area contributed by atoms with Crippen LogP contribution in [0.5, 0.6) is 5.75 Å². The van der Waals surface area contributed by atoms with E-state index in [4.69, 9.17) is 26.8 Å². The second-order valence-electron chi connectivity index (χ2n) is 4.34. The molecule has 19 heavy (non-hydrogen) atoms. The van der Waals surface area contributed by atoms with Crippen molar-refractivity contribution in [1.29, 1.82) is 0 Å². The van der Waals surface area contributed by atoms with Crippen LogP contribution in [0.4, 0.5) is 5.69 Å². The van der Waals surface area contributed by atoms with Crippen molar-refractivity contribution < 1.29 is 14.4 Å². The minimum absolute atomic E-state index is 0.0943. The molecule has 2 N–H and O–H groups in total. The molecule has 1 fully saturated rings. The van der Waals surface area contributed by atoms with Gasteiger partial charge in [-0.25, -0.2) is 0 Å². The van der Waals surface area contributed by atoms with E-state index < -0.39 is 4.92 Å². The normalized spacial score (nSPS) is 25.7. The summed E-state index contributed by atoms with van der Waals surface area (Å²) in [5.41, 5.74) is 5.70. The van der Waals surface area contributed by atoms with E-state index >= 15 is 0 Å². The molecule has 0 radical (unpaired) electrons. The van der Waals surface area contributed by atoms with E-state index in [2.05, 4.69) is 0 Å². The molecule has 1 aromatic carbocycles. The zero-order valence-corrected chi connectivity index (χ0v) is 11.2. The largest absolute Gasteiger partial charge is 0.481 e. The van der Waals surface area contributed by atoms with E-state index in [0.717, 1.165) is 0 Å². The second-order valence-corrected chi connectivity index (χ2v) is 4.78. The van der Waals surface area contributed by atoms with Gasteiger partial charge in [0.2, 0.25) is 0 Å². The summed E-state index contributed by atoms with van der Waals surface area (Å²) in [6, 6.07) is 4.13. The van der Waals surface area contributed by atoms with Crippen LogP contribution in [0.2, 0.25) is 5.02 Å². The summed E-state index contributed by atoms with van der Waals surface area (Å²) >= 11 is 5.83. The standard InChI is InChI=1S/C12H15ClN2O4/c1-2-18-12-8(14)6-11(12)19-10-5-7(13)3-4-9(10)15(16)17/h3-5,8,11-12H,2,6,14H2,1H3. The maximum absolute atomic E-state index is 10.9. The van der Waals surface area contributed by atoms with Gasteiger partial charge in [0.1, 0.15) is 12.2 Å². The Bertz CT molecular complexity index is 483. The van der Waals surface area contributed by atoms with Gasteiger partial charge in [0.25, 0.3) is 0 Å². The molecule has 1 aromatic rings. The molecule has 1 aliphatic rings. The Hall–Kier alpha value is -1.37. The van der Waals surface area contributed by atoms with Crippen LogP contribution in [-0.2, 0) is 4.74 Å². The third-order valence-electron chi connectivity index (χ3n) is 3.05. The van der Waals surface area contributed by atoms with E-state index in [9.17, 15) is 10.1 Å². The van der Waals surface area contributed by atoms with Gasteiger partial charge in [0.05, 0.1) is 4.92 Å². The van der Waals surface area contributed by atoms with Crippen molar-refractivity contribution in [2.75, 3.05) is 6.61 Å². The first kappa shape index (κ1) is 14.0. The van der Waals surface area contributed by atoms with Gasteiger partial charge in [0.15, 0.2) is 5.75 Å². The van der Waals surface area contributed by atoms with Crippen molar-refractivity contribution in [1.82, 2.24) is 0 Å². The topological polar surface area (TPSA) is 87.6 Å². The average Bonchev–Trinajstić information content (AvgIpc) is 2.35. The average molecular weight is 287 g/mol. The maximum Gasteiger partial charge on any atom is 0.311 e. The number of nitrogens with two attached hydrogens (primary N) is 1. The Labute approximate surface area is 115 Å². The van der Waals surface area contributed by atoms with Crippen molar-refractivity contribution in [2.45, 2.75) is 31.6 Å². The predicted octanol–water partition coefficient (Wildman–Crippen LogP) is 2.13. The van der Waals surface area contributed by atoms with Crippen molar-refractivity contribution in [3.8, 4) is 5.75 Å². The molecule has 3 atom stereocenters. The van der Waals surface area contributed by atoms with Crippen LogP contribution < -0.4 is 10.5 Å². The molecule has 0 spiro atoms. The van der Waals surface area contributed by atoms with E-state index in [1.165, 1.54) is 18.2 Å². The van der Waals surface area contributed by atoms with Crippen LogP contribution in [0.3, 0.4) is 0 Å². The van der Waals surface area contributed by atoms with Gasteiger partial charge in [-0.15, -0.1) is 0 Å². The summed E-state index contributed by atoms with van der Waals surface area (Å²) in [4.78, 5) is 10.4. The van der Waals surface area contributed by atoms with Crippen LogP contribution in [0.15, 0.2) is 18.2 Å². The number of nitrogens with zero attached hydrogens (tertiary/aromatic N) is 1. The van der Waals surface area contributed by atoms with Gasteiger partial charge >= 0.3 is 5.69 Å². The molecular formula is C12H15ClN2O4. The SMILES string of the molecule is CCOC1C(N)CC1Oc1cc(Cl)ccc1[N+](=O)[O-]. The van der Waals surface area contributed by atoms with E-state index in [0.29, 0.717) is 18.1 Å². The molecule has 7 heteroatoms. The zero-order chi connectivity index (χ0) is 14.0. The molecule has 104 valence electrons. The van der Waals surface area contributed by atoms with Crippen molar-refractivity contribution >= 4 is 17.3 Å². The molecule has 1 aliphatic carbocycles. The summed E-state index contributed by atoms with van der Waals surface area (Å²) in [6.45, 7) is 2.39. The molecule has 0 aromatic heterocycles. The van der Waals surface area contributed by atoms with Crippen LogP contribution in [0.1, 0.15) is 13.3 Å². The fourth-order valence-electron chi connectivity index (χ4n) is 2.05. The van der Waals surface area contributed by atoms with Crippen LogP contribution in [0, 0.1) is 10.1 Å². The monoisotopic (exact) mass is 286 g/mol. The quantitative estimate of drug-likeness (QED) is 0.662. The molecule has 6 nitrogen and oxygen atoms in total. The fraction of sp³-hybridized carbons (Fsp3) is 0.500. The van der Waals surface area contributed by atoms with Crippen LogP contribution >= 0.6 is 11.6 Å². The fourth-order valence-corrected chi connectivity index (χ4v) is 2.21. The Kier molecular flexibility index (Phi) is 4.24. The molecule has 0 heterocycles. The number of hydrogen-bond donors (Lipinski definition) is 1. The minimum Gasteiger partial charge on any atom is -0.481 e. The number of nitro benzene ring substituents is 1. The molecule has 2 rings (SSSR count). The number of halogens is 1. The highest BCUT2D eigenvalue weighted by Crippen LogP contribution is 2.35. The third-order valence-corrected chi connectivity index (χ3v) is 3.28. The van der Waals surface area contributed by atoms with Gasteiger partial charge in [-0.3, -0.25) is 10.1 Å². The Morgan fingerprint density at radius 1 is 1.58 bits per heavy atom. The highest BCUT2D eigenvalue weighted by atomic mass is 35.5. The number of ether oxygens (including phenoxy) is 2. The predicted molar refractivity (Wildman–Crippen MR) is 70.5 cm³/mol. The number of rotatable bonds is 5. The van der Waals surface area contributed by atoms with E-state index in [-0.39, 0.29) is 29.7 Å². The van der Waals surface area contributed by atoms with Crippen molar-refractivity contribution in [3.63, 3.8) is 0 Å². The van der Waals surface area contributed by atoms with Gasteiger partial charge in [-0.1, -0.05) is 11.6 Å². The summed E-state index contributed by atoms with van der Waals surface area (Å²) in [6.07, 6.45) is 0.102. The number of nitro groups is 1. The van der Waals surface area contributed by atoms with Gasteiger partial charge in [-0.2, -0.15) is 0 Å². The first-order valence-corrected chi connectivity index (χ1v) is 6.38. The molecule has 1 saturated carbocycles. The zero-order valence-electron chi connectivity index (χ0n) is 10.4. The Balaban J connectivity index is 2.15. The lowest BCUT2D eigenvalue weighted by Gasteiger charge is -2.41. The summed E-state index contributed by atoms with van der Waals surface area (Å²) < 4.78 is 11.1. The third kappa shape index (κ3) is 2.97. The molecular weight excluding hydrogens is 272 g/mol. The summed E-state index contributed by atoms with van der Waals surface area (Å²) in [7, 11) is 0. The van der Waals surface area contributed by atoms with E-state index in [1.807, 2.05) is 6.92 Å². The maximum atomic E-state index is 10.9. The number of benzene rings is 1. The van der Waals surface area contributed by atoms with Gasteiger partial charge in [-0.05, 0) is 13.0 Å². The van der Waals surface area contributed by atoms with Crippen molar-refractivity contribution in [2.24, 2.45) is 5.73 Å². The van der Waals surface area contributed by atoms with Crippen LogP contribution in [-0.4, -0.2) is 29.8 Å². The molecule has 0 amide bonds. The molecule has 0 bridgehead atoms. The molecule has 0 aliphatic heterocycles. The molecule has 3 unspecified atom stereocenters. The highest BCUT2D eigenvalue weighted by molar-refractivity contribution is 6.30. The Morgan fingerprint density at radius 2 is 2.32 bits per heavy atom. The lowest BCUT2D eigenvalue weighted by atomic mass is 9.86. The summed E-state index contributed by atoms with van der Waals surface area (Å²) in [5, 5.41) is 11.3. The second kappa shape index (κ2) is 5.73.